The fourth-order valence-electron chi connectivity index (χ4n) is 2.40. The lowest BCUT2D eigenvalue weighted by Gasteiger charge is -2.31. The Labute approximate surface area is 185 Å². The van der Waals surface area contributed by atoms with Crippen LogP contribution in [-0.2, 0) is 53.1 Å². The number of hydrogen-bond acceptors (Lipinski definition) is 12. The van der Waals surface area contributed by atoms with Gasteiger partial charge in [-0.3, -0.25) is 0 Å². The van der Waals surface area contributed by atoms with E-state index in [1.54, 1.807) is 85.3 Å². The molecule has 0 aliphatic carbocycles. The zero-order valence-electron chi connectivity index (χ0n) is 20.3. The Bertz CT molecular complexity index is 311. The molecule has 0 saturated carbocycles. The fraction of sp³-hybridized carbons (Fsp3) is 1.00. The first kappa shape index (κ1) is 32.6. The van der Waals surface area contributed by atoms with E-state index in [1.165, 1.54) is 0 Å². The third-order valence-corrected chi connectivity index (χ3v) is 19.0. The molecule has 0 heterocycles. The van der Waals surface area contributed by atoms with Gasteiger partial charge in [0.05, 0.1) is 11.3 Å². The quantitative estimate of drug-likeness (QED) is 0.269. The van der Waals surface area contributed by atoms with Crippen LogP contribution in [0.4, 0.5) is 0 Å². The van der Waals surface area contributed by atoms with E-state index >= 15 is 0 Å². The van der Waals surface area contributed by atoms with E-state index in [9.17, 15) is 0 Å². The molecule has 0 saturated heterocycles. The van der Waals surface area contributed by atoms with Gasteiger partial charge in [0.15, 0.2) is 0 Å². The molecule has 0 aromatic rings. The summed E-state index contributed by atoms with van der Waals surface area (Å²) < 4.78 is 63.4. The summed E-state index contributed by atoms with van der Waals surface area (Å²) in [6, 6.07) is 0. The van der Waals surface area contributed by atoms with Crippen LogP contribution in [0.3, 0.4) is 0 Å². The maximum Gasteiger partial charge on any atom is 0.504 e. The lowest BCUT2D eigenvalue weighted by atomic mass is 11.8. The van der Waals surface area contributed by atoms with Crippen molar-refractivity contribution in [2.75, 3.05) is 85.3 Å². The van der Waals surface area contributed by atoms with Crippen molar-refractivity contribution in [3.05, 3.63) is 0 Å². The molecule has 12 nitrogen and oxygen atoms in total. The summed E-state index contributed by atoms with van der Waals surface area (Å²) in [6.07, 6.45) is 0. The van der Waals surface area contributed by atoms with Gasteiger partial charge in [-0.25, -0.2) is 0 Å². The first-order valence-electron chi connectivity index (χ1n) is 8.76. The minimum atomic E-state index is -2.73. The molecular weight excluding hydrogens is 472 g/mol. The van der Waals surface area contributed by atoms with Crippen LogP contribution in [0.25, 0.3) is 0 Å². The van der Waals surface area contributed by atoms with E-state index in [0.717, 1.165) is 0 Å². The van der Waals surface area contributed by atoms with Crippen LogP contribution in [0.15, 0.2) is 0 Å². The molecule has 0 aliphatic rings. The molecule has 0 atom stereocenters. The first-order chi connectivity index (χ1) is 14.1. The summed E-state index contributed by atoms with van der Waals surface area (Å²) in [6.45, 7) is 0. The lowest BCUT2D eigenvalue weighted by molar-refractivity contribution is 0.0958. The van der Waals surface area contributed by atoms with Gasteiger partial charge in [-0.2, -0.15) is 0 Å². The van der Waals surface area contributed by atoms with Crippen LogP contribution >= 0.6 is 0 Å². The standard InChI is InChI=1S/2C7H20O6Si2/c2*1-8-14(9-2,10-3)7-15(11-4,12-5)13-6/h2*7H2,1-6H3. The summed E-state index contributed by atoms with van der Waals surface area (Å²) in [7, 11) is 7.58. The molecule has 0 aromatic heterocycles. The highest BCUT2D eigenvalue weighted by Gasteiger charge is 2.54. The van der Waals surface area contributed by atoms with Crippen molar-refractivity contribution >= 4 is 35.2 Å². The summed E-state index contributed by atoms with van der Waals surface area (Å²) >= 11 is 0. The maximum absolute atomic E-state index is 5.29. The van der Waals surface area contributed by atoms with Gasteiger partial charge in [-0.15, -0.1) is 0 Å². The van der Waals surface area contributed by atoms with Gasteiger partial charge in [0.2, 0.25) is 0 Å². The highest BCUT2D eigenvalue weighted by Crippen LogP contribution is 2.24. The molecule has 0 amide bonds. The Morgan fingerprint density at radius 1 is 0.267 bits per heavy atom. The van der Waals surface area contributed by atoms with Gasteiger partial charge >= 0.3 is 35.2 Å². The van der Waals surface area contributed by atoms with E-state index < -0.39 is 35.2 Å². The van der Waals surface area contributed by atoms with Gasteiger partial charge in [0.25, 0.3) is 0 Å². The van der Waals surface area contributed by atoms with Crippen molar-refractivity contribution < 1.29 is 53.1 Å². The van der Waals surface area contributed by atoms with Gasteiger partial charge < -0.3 is 53.1 Å². The highest BCUT2D eigenvalue weighted by molar-refractivity contribution is 6.80. The molecule has 0 spiro atoms. The smallest absolute Gasteiger partial charge is 0.377 e. The van der Waals surface area contributed by atoms with Crippen molar-refractivity contribution in [2.24, 2.45) is 0 Å². The van der Waals surface area contributed by atoms with Crippen LogP contribution in [0.2, 0.25) is 11.3 Å². The molecule has 0 N–H and O–H groups in total. The van der Waals surface area contributed by atoms with Gasteiger partial charge in [0, 0.05) is 85.3 Å². The summed E-state index contributed by atoms with van der Waals surface area (Å²) in [5, 5.41) is 0. The van der Waals surface area contributed by atoms with Crippen LogP contribution in [0, 0.1) is 0 Å². The van der Waals surface area contributed by atoms with Crippen LogP contribution < -0.4 is 0 Å². The van der Waals surface area contributed by atoms with E-state index in [2.05, 4.69) is 0 Å². The summed E-state index contributed by atoms with van der Waals surface area (Å²) in [5.74, 6) is 0. The largest absolute Gasteiger partial charge is 0.504 e. The van der Waals surface area contributed by atoms with E-state index in [-0.39, 0.29) is 0 Å². The molecule has 16 heteroatoms. The van der Waals surface area contributed by atoms with Gasteiger partial charge in [0.1, 0.15) is 0 Å². The van der Waals surface area contributed by atoms with Gasteiger partial charge in [-0.1, -0.05) is 0 Å². The van der Waals surface area contributed by atoms with Crippen LogP contribution in [-0.4, -0.2) is 121 Å². The predicted molar refractivity (Wildman–Crippen MR) is 117 cm³/mol. The second-order valence-electron chi connectivity index (χ2n) is 5.54. The minimum Gasteiger partial charge on any atom is -0.377 e. The number of rotatable bonds is 16. The maximum atomic E-state index is 5.29. The van der Waals surface area contributed by atoms with Crippen molar-refractivity contribution in [2.45, 2.75) is 11.3 Å². The zero-order chi connectivity index (χ0) is 23.9. The normalized spacial score (nSPS) is 13.2. The molecular formula is C14H40O12Si4. The Kier molecular flexibility index (Phi) is 17.4. The Hall–Kier alpha value is 0.388. The molecule has 0 fully saturated rings. The third kappa shape index (κ3) is 9.09. The Morgan fingerprint density at radius 3 is 0.433 bits per heavy atom. The minimum absolute atomic E-state index is 0.382. The summed E-state index contributed by atoms with van der Waals surface area (Å²) in [4.78, 5) is 0. The molecule has 0 rings (SSSR count). The van der Waals surface area contributed by atoms with E-state index in [1.807, 2.05) is 0 Å². The average Bonchev–Trinajstić information content (AvgIpc) is 2.83. The molecule has 0 radical (unpaired) electrons. The predicted octanol–water partition coefficient (Wildman–Crippen LogP) is 0.564. The third-order valence-electron chi connectivity index (χ3n) is 4.60. The topological polar surface area (TPSA) is 111 Å². The molecule has 184 valence electrons. The van der Waals surface area contributed by atoms with Crippen LogP contribution in [0.1, 0.15) is 0 Å². The second-order valence-corrected chi connectivity index (χ2v) is 18.7. The fourth-order valence-corrected chi connectivity index (χ4v) is 15.6. The SMILES string of the molecule is CO[Si](C[Si](OC)(OC)OC)(OC)OC.CO[Si](C[Si](OC)(OC)OC)(OC)OC. The average molecular weight is 513 g/mol. The van der Waals surface area contributed by atoms with Crippen molar-refractivity contribution in [3.8, 4) is 0 Å². The molecule has 0 aliphatic heterocycles. The molecule has 0 bridgehead atoms. The first-order valence-corrected chi connectivity index (χ1v) is 16.5. The highest BCUT2D eigenvalue weighted by atomic mass is 28.5. The van der Waals surface area contributed by atoms with Crippen LogP contribution in [0.5, 0.6) is 0 Å². The second kappa shape index (κ2) is 16.1. The molecule has 30 heavy (non-hydrogen) atoms. The van der Waals surface area contributed by atoms with E-state index in [4.69, 9.17) is 53.1 Å². The van der Waals surface area contributed by atoms with Crippen molar-refractivity contribution in [1.82, 2.24) is 0 Å². The lowest BCUT2D eigenvalue weighted by Crippen LogP contribution is -2.56. The number of hydrogen-bond donors (Lipinski definition) is 0. The summed E-state index contributed by atoms with van der Waals surface area (Å²) in [5.41, 5.74) is 0.764. The molecule has 0 aromatic carbocycles. The van der Waals surface area contributed by atoms with Gasteiger partial charge in [-0.05, 0) is 0 Å². The van der Waals surface area contributed by atoms with Crippen molar-refractivity contribution in [1.29, 1.82) is 0 Å². The monoisotopic (exact) mass is 512 g/mol. The Balaban J connectivity index is 0. The molecule has 0 unspecified atom stereocenters. The van der Waals surface area contributed by atoms with E-state index in [0.29, 0.717) is 11.3 Å². The zero-order valence-corrected chi connectivity index (χ0v) is 24.3. The van der Waals surface area contributed by atoms with Crippen molar-refractivity contribution in [3.63, 3.8) is 0 Å². The Morgan fingerprint density at radius 2 is 0.367 bits per heavy atom.